The molecule has 0 aliphatic carbocycles. The number of unbranched alkanes of at least 4 members (excludes halogenated alkanes) is 1. The predicted octanol–water partition coefficient (Wildman–Crippen LogP) is 6.89. The van der Waals surface area contributed by atoms with Crippen molar-refractivity contribution in [1.82, 2.24) is 15.3 Å². The lowest BCUT2D eigenvalue weighted by Crippen LogP contribution is -2.47. The summed E-state index contributed by atoms with van der Waals surface area (Å²) in [4.78, 5) is 36.5. The number of carbonyl (C=O) groups is 2. The molecule has 1 aliphatic heterocycles. The van der Waals surface area contributed by atoms with Crippen LogP contribution in [0.4, 0.5) is 5.82 Å². The molecule has 1 aliphatic rings. The van der Waals surface area contributed by atoms with Crippen LogP contribution in [0.25, 0.3) is 21.7 Å². The third-order valence-corrected chi connectivity index (χ3v) is 10.7. The molecule has 1 amide bonds. The quantitative estimate of drug-likeness (QED) is 0.0567. The van der Waals surface area contributed by atoms with E-state index in [1.807, 2.05) is 29.6 Å². The van der Waals surface area contributed by atoms with E-state index in [1.54, 1.807) is 24.3 Å². The fourth-order valence-electron chi connectivity index (χ4n) is 5.72. The Morgan fingerprint density at radius 3 is 2.33 bits per heavy atom. The number of anilines is 1. The second-order valence-corrected chi connectivity index (χ2v) is 14.6. The molecule has 4 aromatic rings. The summed E-state index contributed by atoms with van der Waals surface area (Å²) in [6.45, 7) is 3.65. The Hall–Kier alpha value is -4.12. The molecule has 5 rings (SSSR count). The van der Waals surface area contributed by atoms with E-state index in [0.717, 1.165) is 55.0 Å². The number of benzene rings is 2. The zero-order valence-electron chi connectivity index (χ0n) is 30.2. The maximum atomic E-state index is 12.4. The van der Waals surface area contributed by atoms with Crippen molar-refractivity contribution in [3.63, 3.8) is 0 Å². The first-order valence-corrected chi connectivity index (χ1v) is 19.6. The van der Waals surface area contributed by atoms with Crippen molar-refractivity contribution >= 4 is 77.2 Å². The molecule has 55 heavy (non-hydrogen) atoms. The summed E-state index contributed by atoms with van der Waals surface area (Å²) in [6.07, 6.45) is 3.97. The molecule has 0 spiro atoms. The Morgan fingerprint density at radius 1 is 1.00 bits per heavy atom. The van der Waals surface area contributed by atoms with Crippen LogP contribution in [0.2, 0.25) is 5.02 Å². The summed E-state index contributed by atoms with van der Waals surface area (Å²) in [5.41, 5.74) is 15.1. The van der Waals surface area contributed by atoms with E-state index in [4.69, 9.17) is 42.5 Å². The normalized spacial score (nSPS) is 13.0. The first-order valence-electron chi connectivity index (χ1n) is 17.3. The molecule has 0 saturated carbocycles. The summed E-state index contributed by atoms with van der Waals surface area (Å²) in [5, 5.41) is 27.5. The van der Waals surface area contributed by atoms with Crippen molar-refractivity contribution in [1.29, 1.82) is 10.5 Å². The molecule has 1 saturated heterocycles. The Labute approximate surface area is 346 Å². The molecule has 292 valence electrons. The van der Waals surface area contributed by atoms with Crippen molar-refractivity contribution in [2.24, 2.45) is 11.5 Å². The lowest BCUT2D eigenvalue weighted by atomic mass is 9.96. The number of nitrogens with zero attached hydrogens (tertiary/aromatic N) is 5. The van der Waals surface area contributed by atoms with Gasteiger partial charge < -0.3 is 31.2 Å². The Morgan fingerprint density at radius 2 is 1.67 bits per heavy atom. The molecule has 12 nitrogen and oxygen atoms in total. The summed E-state index contributed by atoms with van der Waals surface area (Å²) < 4.78 is 11.1. The monoisotopic (exact) mass is 844 g/mol. The van der Waals surface area contributed by atoms with Gasteiger partial charge in [0.1, 0.15) is 58.6 Å². The number of amides is 1. The predicted molar refractivity (Wildman–Crippen MR) is 222 cm³/mol. The molecule has 2 atom stereocenters. The average Bonchev–Trinajstić information content (AvgIpc) is 3.89. The van der Waals surface area contributed by atoms with Gasteiger partial charge in [-0.3, -0.25) is 4.79 Å². The van der Waals surface area contributed by atoms with Gasteiger partial charge in [0.05, 0.1) is 17.3 Å². The first kappa shape index (κ1) is 45.3. The number of rotatable bonds is 17. The van der Waals surface area contributed by atoms with E-state index in [-0.39, 0.29) is 38.0 Å². The molecule has 2 aromatic heterocycles. The van der Waals surface area contributed by atoms with Gasteiger partial charge in [-0.1, -0.05) is 54.0 Å². The van der Waals surface area contributed by atoms with Gasteiger partial charge in [0.25, 0.3) is 0 Å². The molecular formula is C38H43Cl3N8O4S2. The third kappa shape index (κ3) is 12.2. The van der Waals surface area contributed by atoms with Crippen LogP contribution in [-0.2, 0) is 20.1 Å². The van der Waals surface area contributed by atoms with E-state index in [0.29, 0.717) is 62.6 Å². The number of carbonyl (C=O) groups excluding carboxylic acids is 2. The van der Waals surface area contributed by atoms with Crippen molar-refractivity contribution < 1.29 is 19.1 Å². The number of nitrogens with one attached hydrogen (secondary N) is 1. The van der Waals surface area contributed by atoms with Gasteiger partial charge in [0, 0.05) is 40.4 Å². The molecule has 0 bridgehead atoms. The van der Waals surface area contributed by atoms with Gasteiger partial charge >= 0.3 is 5.97 Å². The fourth-order valence-corrected chi connectivity index (χ4v) is 7.65. The van der Waals surface area contributed by atoms with Gasteiger partial charge in [-0.25, -0.2) is 14.8 Å². The lowest BCUT2D eigenvalue weighted by molar-refractivity contribution is -0.148. The Kier molecular flexibility index (Phi) is 18.5. The highest BCUT2D eigenvalue weighted by atomic mass is 35.5. The number of halogens is 3. The summed E-state index contributed by atoms with van der Waals surface area (Å²) in [6, 6.07) is 17.7. The molecule has 2 aromatic carbocycles. The van der Waals surface area contributed by atoms with Gasteiger partial charge in [0.15, 0.2) is 0 Å². The highest BCUT2D eigenvalue weighted by molar-refractivity contribution is 7.98. The van der Waals surface area contributed by atoms with Crippen LogP contribution in [-0.4, -0.2) is 66.8 Å². The van der Waals surface area contributed by atoms with Gasteiger partial charge in [-0.2, -0.15) is 10.5 Å². The maximum Gasteiger partial charge on any atom is 0.328 e. The Bertz CT molecular complexity index is 1960. The molecule has 0 unspecified atom stereocenters. The van der Waals surface area contributed by atoms with Gasteiger partial charge in [0.2, 0.25) is 5.91 Å². The Balaban J connectivity index is 0.00000406. The van der Waals surface area contributed by atoms with Crippen LogP contribution in [0.3, 0.4) is 0 Å². The minimum atomic E-state index is -0.867. The number of aromatic nitrogens is 2. The van der Waals surface area contributed by atoms with E-state index in [9.17, 15) is 20.1 Å². The van der Waals surface area contributed by atoms with Crippen LogP contribution in [0.15, 0.2) is 58.9 Å². The number of ether oxygens (including phenoxy) is 2. The van der Waals surface area contributed by atoms with Crippen LogP contribution < -0.4 is 26.4 Å². The first-order chi connectivity index (χ1) is 25.7. The van der Waals surface area contributed by atoms with Crippen molar-refractivity contribution in [2.45, 2.75) is 61.9 Å². The molecule has 1 fully saturated rings. The fraction of sp³-hybridized carbons (Fsp3) is 0.368. The number of hydrogen-bond acceptors (Lipinski definition) is 13. The van der Waals surface area contributed by atoms with E-state index < -0.39 is 24.0 Å². The number of thioether (sulfide) groups is 1. The highest BCUT2D eigenvalue weighted by Crippen LogP contribution is 2.40. The molecule has 0 radical (unpaired) electrons. The highest BCUT2D eigenvalue weighted by Gasteiger charge is 2.27. The van der Waals surface area contributed by atoms with Crippen molar-refractivity contribution in [3.8, 4) is 39.6 Å². The number of nitrogens with two attached hydrogens (primary N) is 2. The largest absolute Gasteiger partial charge is 0.490 e. The second kappa shape index (κ2) is 22.4. The van der Waals surface area contributed by atoms with Crippen LogP contribution in [0.5, 0.6) is 5.75 Å². The second-order valence-electron chi connectivity index (χ2n) is 12.4. The molecule has 5 N–H and O–H groups in total. The molecule has 17 heteroatoms. The van der Waals surface area contributed by atoms with Crippen molar-refractivity contribution in [2.75, 3.05) is 37.7 Å². The zero-order valence-corrected chi connectivity index (χ0v) is 34.2. The minimum Gasteiger partial charge on any atom is -0.490 e. The topological polar surface area (TPSA) is 193 Å². The number of pyridine rings is 1. The third-order valence-electron chi connectivity index (χ3n) is 8.53. The molecular weight excluding hydrogens is 803 g/mol. The SMILES string of the molecule is C[C@H](NC(=O)[C@@H](N)CCCCN)C(=O)OCCOc1ccc(-c2c(C#N)c(SCc3csc(-c4ccc(Cl)cc4)n3)nc(N3CCCC3)c2C#N)cc1.Cl.Cl. The molecule has 3 heterocycles. The summed E-state index contributed by atoms with van der Waals surface area (Å²) in [7, 11) is 0. The van der Waals surface area contributed by atoms with E-state index in [2.05, 4.69) is 22.4 Å². The standard InChI is InChI=1S/C38H41ClN8O4S2.2ClH/c1-24(44-35(48)32(43)6-2-3-15-40)38(49)51-19-18-50-29-13-9-25(10-14-29)33-30(20-41)34(47-16-4-5-17-47)46-37(31(33)21-42)53-23-28-22-52-36(45-28)26-7-11-27(39)12-8-26;;/h7-14,22,24,32H,2-6,15-19,23,40,43H2,1H3,(H,44,48);2*1H/t24-,32-;;/m0../s1. The van der Waals surface area contributed by atoms with Gasteiger partial charge in [-0.05, 0) is 69.0 Å². The summed E-state index contributed by atoms with van der Waals surface area (Å²) >= 11 is 9.01. The van der Waals surface area contributed by atoms with E-state index >= 15 is 0 Å². The lowest BCUT2D eigenvalue weighted by Gasteiger charge is -2.22. The number of nitriles is 2. The smallest absolute Gasteiger partial charge is 0.328 e. The number of hydrogen-bond donors (Lipinski definition) is 3. The van der Waals surface area contributed by atoms with E-state index in [1.165, 1.54) is 30.0 Å². The minimum absolute atomic E-state index is 0. The van der Waals surface area contributed by atoms with Crippen LogP contribution in [0, 0.1) is 22.7 Å². The average molecular weight is 846 g/mol. The summed E-state index contributed by atoms with van der Waals surface area (Å²) in [5.74, 6) is 0.550. The number of esters is 1. The maximum absolute atomic E-state index is 12.4. The zero-order chi connectivity index (χ0) is 37.7. The number of thiazole rings is 1. The van der Waals surface area contributed by atoms with Crippen molar-refractivity contribution in [3.05, 3.63) is 75.8 Å². The van der Waals surface area contributed by atoms with Gasteiger partial charge in [-0.15, -0.1) is 36.2 Å². The van der Waals surface area contributed by atoms with Crippen LogP contribution >= 0.6 is 59.5 Å². The van der Waals surface area contributed by atoms with Crippen LogP contribution in [0.1, 0.15) is 55.8 Å².